The van der Waals surface area contributed by atoms with Crippen molar-refractivity contribution < 1.29 is 8.42 Å². The Balaban J connectivity index is 1.47. The van der Waals surface area contributed by atoms with Gasteiger partial charge in [-0.05, 0) is 36.8 Å². The monoisotopic (exact) mass is 414 g/mol. The number of hydrogen-bond acceptors (Lipinski definition) is 5. The normalized spacial score (nSPS) is 24.5. The van der Waals surface area contributed by atoms with E-state index in [1.165, 1.54) is 0 Å². The van der Waals surface area contributed by atoms with Crippen LogP contribution in [-0.4, -0.2) is 71.1 Å². The summed E-state index contributed by atoms with van der Waals surface area (Å²) in [6.45, 7) is 4.36. The predicted octanol–water partition coefficient (Wildman–Crippen LogP) is 2.12. The molecule has 2 aromatic rings. The number of fused-ring (bicyclic) bond motifs is 1. The first-order valence-electron chi connectivity index (χ1n) is 8.86. The molecule has 1 unspecified atom stereocenters. The lowest BCUT2D eigenvalue weighted by atomic mass is 10.2. The van der Waals surface area contributed by atoms with E-state index < -0.39 is 9.84 Å². The molecule has 0 saturated carbocycles. The maximum Gasteiger partial charge on any atom is 0.181 e. The van der Waals surface area contributed by atoms with Gasteiger partial charge in [0.05, 0.1) is 29.2 Å². The van der Waals surface area contributed by atoms with Crippen LogP contribution in [-0.2, 0) is 23.6 Å². The Hall–Kier alpha value is -0.930. The molecule has 6 nitrogen and oxygen atoms in total. The molecule has 0 N–H and O–H groups in total. The van der Waals surface area contributed by atoms with Crippen molar-refractivity contribution >= 4 is 44.7 Å². The van der Waals surface area contributed by atoms with Gasteiger partial charge in [-0.3, -0.25) is 9.80 Å². The average molecular weight is 415 g/mol. The molecule has 0 spiro atoms. The summed E-state index contributed by atoms with van der Waals surface area (Å²) in [6, 6.07) is 6.05. The minimum atomic E-state index is -2.83. The molecule has 3 heterocycles. The van der Waals surface area contributed by atoms with Crippen LogP contribution in [0.2, 0.25) is 5.02 Å². The number of aromatic nitrogens is 2. The third-order valence-corrected chi connectivity index (χ3v) is 8.06. The zero-order valence-electron chi connectivity index (χ0n) is 14.8. The molecule has 1 aromatic carbocycles. The van der Waals surface area contributed by atoms with Crippen molar-refractivity contribution in [3.8, 4) is 0 Å². The molecule has 4 rings (SSSR count). The molecule has 2 aliphatic rings. The molecule has 142 valence electrons. The standard InChI is InChI=1S/C17H23ClN4O2S2/c1-19-15-3-2-13(18)10-16(15)22(17(19)25)12-20-5-7-21(8-6-20)14-4-9-26(23,24)11-14/h2-3,10,14H,4-9,11-12H2,1H3. The molecule has 2 saturated heterocycles. The number of imidazole rings is 1. The van der Waals surface area contributed by atoms with Crippen molar-refractivity contribution in [3.05, 3.63) is 28.0 Å². The number of piperazine rings is 1. The first-order valence-corrected chi connectivity index (χ1v) is 11.5. The van der Waals surface area contributed by atoms with Gasteiger partial charge in [0.2, 0.25) is 0 Å². The fourth-order valence-corrected chi connectivity index (χ4v) is 6.24. The second-order valence-electron chi connectivity index (χ2n) is 7.25. The van der Waals surface area contributed by atoms with Gasteiger partial charge < -0.3 is 9.13 Å². The van der Waals surface area contributed by atoms with Gasteiger partial charge in [-0.2, -0.15) is 0 Å². The summed E-state index contributed by atoms with van der Waals surface area (Å²) in [5, 5.41) is 0.708. The van der Waals surface area contributed by atoms with Crippen LogP contribution in [0.5, 0.6) is 0 Å². The summed E-state index contributed by atoms with van der Waals surface area (Å²) in [5.74, 6) is 0.656. The van der Waals surface area contributed by atoms with Crippen molar-refractivity contribution in [1.82, 2.24) is 18.9 Å². The highest BCUT2D eigenvalue weighted by Crippen LogP contribution is 2.23. The van der Waals surface area contributed by atoms with Crippen molar-refractivity contribution in [3.63, 3.8) is 0 Å². The van der Waals surface area contributed by atoms with Gasteiger partial charge in [0.25, 0.3) is 0 Å². The second-order valence-corrected chi connectivity index (χ2v) is 10.3. The molecule has 0 aliphatic carbocycles. The SMILES string of the molecule is Cn1c(=S)n(CN2CCN(C3CCS(=O)(=O)C3)CC2)c2cc(Cl)ccc21. The Kier molecular flexibility index (Phi) is 4.90. The number of hydrogen-bond donors (Lipinski definition) is 0. The lowest BCUT2D eigenvalue weighted by Crippen LogP contribution is -2.50. The van der Waals surface area contributed by atoms with E-state index in [1.54, 1.807) is 0 Å². The fraction of sp³-hybridized carbons (Fsp3) is 0.588. The first-order chi connectivity index (χ1) is 12.3. The zero-order valence-corrected chi connectivity index (χ0v) is 17.2. The summed E-state index contributed by atoms with van der Waals surface area (Å²) < 4.78 is 28.4. The molecular weight excluding hydrogens is 392 g/mol. The topological polar surface area (TPSA) is 50.5 Å². The van der Waals surface area contributed by atoms with Crippen LogP contribution in [0.25, 0.3) is 11.0 Å². The van der Waals surface area contributed by atoms with Crippen LogP contribution in [0.15, 0.2) is 18.2 Å². The largest absolute Gasteiger partial charge is 0.320 e. The van der Waals surface area contributed by atoms with Gasteiger partial charge >= 0.3 is 0 Å². The van der Waals surface area contributed by atoms with Gasteiger partial charge in [0.1, 0.15) is 0 Å². The molecule has 2 fully saturated rings. The Bertz CT molecular complexity index is 990. The summed E-state index contributed by atoms with van der Waals surface area (Å²) in [5.41, 5.74) is 2.13. The third-order valence-electron chi connectivity index (χ3n) is 5.58. The van der Waals surface area contributed by atoms with E-state index in [1.807, 2.05) is 29.8 Å². The van der Waals surface area contributed by atoms with E-state index >= 15 is 0 Å². The number of halogens is 1. The first kappa shape index (κ1) is 18.4. The fourth-order valence-electron chi connectivity index (χ4n) is 4.05. The van der Waals surface area contributed by atoms with Gasteiger partial charge in [0.15, 0.2) is 14.6 Å². The Morgan fingerprint density at radius 3 is 2.58 bits per heavy atom. The summed E-state index contributed by atoms with van der Waals surface area (Å²) in [6.07, 6.45) is 0.773. The predicted molar refractivity (Wildman–Crippen MR) is 107 cm³/mol. The van der Waals surface area contributed by atoms with Gasteiger partial charge in [-0.25, -0.2) is 8.42 Å². The lowest BCUT2D eigenvalue weighted by Gasteiger charge is -2.37. The quantitative estimate of drug-likeness (QED) is 0.720. The second kappa shape index (κ2) is 6.91. The van der Waals surface area contributed by atoms with E-state index in [-0.39, 0.29) is 6.04 Å². The minimum absolute atomic E-state index is 0.195. The molecular formula is C17H23ClN4O2S2. The maximum absolute atomic E-state index is 11.7. The number of rotatable bonds is 3. The van der Waals surface area contributed by atoms with Crippen LogP contribution in [0.4, 0.5) is 0 Å². The third kappa shape index (κ3) is 3.45. The highest BCUT2D eigenvalue weighted by Gasteiger charge is 2.33. The van der Waals surface area contributed by atoms with Crippen LogP contribution in [0.1, 0.15) is 6.42 Å². The van der Waals surface area contributed by atoms with Crippen molar-refractivity contribution in [2.45, 2.75) is 19.1 Å². The van der Waals surface area contributed by atoms with E-state index in [4.69, 9.17) is 23.8 Å². The zero-order chi connectivity index (χ0) is 18.5. The van der Waals surface area contributed by atoms with E-state index in [0.29, 0.717) is 16.5 Å². The molecule has 9 heteroatoms. The molecule has 0 radical (unpaired) electrons. The highest BCUT2D eigenvalue weighted by atomic mass is 35.5. The van der Waals surface area contributed by atoms with Gasteiger partial charge in [-0.1, -0.05) is 11.6 Å². The van der Waals surface area contributed by atoms with Crippen LogP contribution in [0, 0.1) is 4.77 Å². The molecule has 1 atom stereocenters. The smallest absolute Gasteiger partial charge is 0.181 e. The summed E-state index contributed by atoms with van der Waals surface area (Å²) in [7, 11) is -0.847. The average Bonchev–Trinajstić information content (AvgIpc) is 3.08. The molecule has 2 aliphatic heterocycles. The van der Waals surface area contributed by atoms with Crippen LogP contribution >= 0.6 is 23.8 Å². The number of benzene rings is 1. The van der Waals surface area contributed by atoms with E-state index in [0.717, 1.165) is 55.1 Å². The van der Waals surface area contributed by atoms with Gasteiger partial charge in [0, 0.05) is 44.3 Å². The number of nitrogens with zero attached hydrogens (tertiary/aromatic N) is 4. The summed E-state index contributed by atoms with van der Waals surface area (Å²) in [4.78, 5) is 4.70. The molecule has 1 aromatic heterocycles. The molecule has 26 heavy (non-hydrogen) atoms. The van der Waals surface area contributed by atoms with Crippen molar-refractivity contribution in [2.75, 3.05) is 37.7 Å². The minimum Gasteiger partial charge on any atom is -0.320 e. The Labute approximate surface area is 163 Å². The summed E-state index contributed by atoms with van der Waals surface area (Å²) >= 11 is 11.8. The van der Waals surface area contributed by atoms with Crippen LogP contribution < -0.4 is 0 Å². The number of aryl methyl sites for hydroxylation is 1. The maximum atomic E-state index is 11.7. The highest BCUT2D eigenvalue weighted by molar-refractivity contribution is 7.91. The van der Waals surface area contributed by atoms with E-state index in [2.05, 4.69) is 14.4 Å². The molecule has 0 amide bonds. The van der Waals surface area contributed by atoms with Crippen LogP contribution in [0.3, 0.4) is 0 Å². The van der Waals surface area contributed by atoms with Crippen molar-refractivity contribution in [2.24, 2.45) is 7.05 Å². The lowest BCUT2D eigenvalue weighted by molar-refractivity contribution is 0.0852. The Morgan fingerprint density at radius 1 is 1.19 bits per heavy atom. The van der Waals surface area contributed by atoms with Crippen molar-refractivity contribution in [1.29, 1.82) is 0 Å². The number of sulfone groups is 1. The van der Waals surface area contributed by atoms with E-state index in [9.17, 15) is 8.42 Å². The Morgan fingerprint density at radius 2 is 1.92 bits per heavy atom. The van der Waals surface area contributed by atoms with Gasteiger partial charge in [-0.15, -0.1) is 0 Å². The molecule has 0 bridgehead atoms.